The third-order valence-corrected chi connectivity index (χ3v) is 2.86. The fourth-order valence-electron chi connectivity index (χ4n) is 2.04. The Labute approximate surface area is 119 Å². The van der Waals surface area contributed by atoms with Crippen LogP contribution in [0.5, 0.6) is 5.88 Å². The number of aromatic nitrogens is 2. The van der Waals surface area contributed by atoms with E-state index in [9.17, 15) is 4.79 Å². The maximum Gasteiger partial charge on any atom is 0.410 e. The van der Waals surface area contributed by atoms with E-state index in [1.807, 2.05) is 31.6 Å². The SMILES string of the molecule is CCCn1cc2c(n1)OCCN(C(=O)OC(C)(C)C)C2. The second-order valence-corrected chi connectivity index (χ2v) is 5.97. The predicted octanol–water partition coefficient (Wildman–Crippen LogP) is 2.42. The Bertz CT molecular complexity index is 476. The van der Waals surface area contributed by atoms with Crippen molar-refractivity contribution in [1.29, 1.82) is 0 Å². The van der Waals surface area contributed by atoms with Crippen molar-refractivity contribution in [2.24, 2.45) is 0 Å². The lowest BCUT2D eigenvalue weighted by Gasteiger charge is -2.25. The van der Waals surface area contributed by atoms with Crippen LogP contribution in [0.3, 0.4) is 0 Å². The first-order chi connectivity index (χ1) is 9.39. The van der Waals surface area contributed by atoms with Crippen LogP contribution in [0.15, 0.2) is 6.20 Å². The summed E-state index contributed by atoms with van der Waals surface area (Å²) in [5, 5.41) is 4.38. The van der Waals surface area contributed by atoms with Crippen LogP contribution in [-0.4, -0.2) is 39.5 Å². The molecule has 0 radical (unpaired) electrons. The highest BCUT2D eigenvalue weighted by molar-refractivity contribution is 5.68. The van der Waals surface area contributed by atoms with E-state index in [0.29, 0.717) is 25.6 Å². The number of nitrogens with zero attached hydrogens (tertiary/aromatic N) is 3. The first-order valence-electron chi connectivity index (χ1n) is 7.06. The van der Waals surface area contributed by atoms with Crippen molar-refractivity contribution in [3.05, 3.63) is 11.8 Å². The van der Waals surface area contributed by atoms with Crippen molar-refractivity contribution in [2.45, 2.75) is 52.8 Å². The molecule has 0 bridgehead atoms. The molecule has 1 aromatic rings. The largest absolute Gasteiger partial charge is 0.474 e. The summed E-state index contributed by atoms with van der Waals surface area (Å²) in [7, 11) is 0. The number of hydrogen-bond donors (Lipinski definition) is 0. The molecular formula is C14H23N3O3. The molecule has 1 amide bonds. The molecular weight excluding hydrogens is 258 g/mol. The van der Waals surface area contributed by atoms with Crippen molar-refractivity contribution in [3.63, 3.8) is 0 Å². The molecule has 2 heterocycles. The monoisotopic (exact) mass is 281 g/mol. The molecule has 0 saturated heterocycles. The number of rotatable bonds is 2. The van der Waals surface area contributed by atoms with Gasteiger partial charge in [0.05, 0.1) is 18.7 Å². The maximum absolute atomic E-state index is 12.1. The Hall–Kier alpha value is -1.72. The summed E-state index contributed by atoms with van der Waals surface area (Å²) in [6.45, 7) is 9.98. The zero-order chi connectivity index (χ0) is 14.8. The van der Waals surface area contributed by atoms with Crippen LogP contribution < -0.4 is 4.74 Å². The van der Waals surface area contributed by atoms with E-state index in [1.54, 1.807) is 4.90 Å². The number of carbonyl (C=O) groups excluding carboxylic acids is 1. The van der Waals surface area contributed by atoms with Gasteiger partial charge in [0.25, 0.3) is 0 Å². The van der Waals surface area contributed by atoms with E-state index in [2.05, 4.69) is 12.0 Å². The Balaban J connectivity index is 2.09. The number of aryl methyl sites for hydroxylation is 1. The van der Waals surface area contributed by atoms with Gasteiger partial charge in [0.2, 0.25) is 5.88 Å². The molecule has 0 aromatic carbocycles. The van der Waals surface area contributed by atoms with E-state index in [0.717, 1.165) is 18.5 Å². The molecule has 0 fully saturated rings. The normalized spacial score (nSPS) is 15.3. The summed E-state index contributed by atoms with van der Waals surface area (Å²) in [4.78, 5) is 13.8. The summed E-state index contributed by atoms with van der Waals surface area (Å²) in [5.74, 6) is 0.629. The van der Waals surface area contributed by atoms with E-state index in [4.69, 9.17) is 9.47 Å². The third kappa shape index (κ3) is 3.65. The molecule has 6 nitrogen and oxygen atoms in total. The van der Waals surface area contributed by atoms with Crippen LogP contribution >= 0.6 is 0 Å². The van der Waals surface area contributed by atoms with Gasteiger partial charge in [0.15, 0.2) is 0 Å². The number of ether oxygens (including phenoxy) is 2. The average Bonchev–Trinajstić information content (AvgIpc) is 2.57. The van der Waals surface area contributed by atoms with Crippen LogP contribution in [0.4, 0.5) is 4.79 Å². The molecule has 112 valence electrons. The fourth-order valence-corrected chi connectivity index (χ4v) is 2.04. The van der Waals surface area contributed by atoms with Crippen LogP contribution in [0.25, 0.3) is 0 Å². The Morgan fingerprint density at radius 1 is 1.50 bits per heavy atom. The standard InChI is InChI=1S/C14H23N3O3/c1-5-6-17-10-11-9-16(7-8-19-12(11)15-17)13(18)20-14(2,3)4/h10H,5-9H2,1-4H3. The number of amides is 1. The Morgan fingerprint density at radius 3 is 2.90 bits per heavy atom. The number of fused-ring (bicyclic) bond motifs is 1. The predicted molar refractivity (Wildman–Crippen MR) is 74.7 cm³/mol. The van der Waals surface area contributed by atoms with Gasteiger partial charge >= 0.3 is 6.09 Å². The summed E-state index contributed by atoms with van der Waals surface area (Å²) in [6, 6.07) is 0. The van der Waals surface area contributed by atoms with Crippen LogP contribution in [0.1, 0.15) is 39.7 Å². The van der Waals surface area contributed by atoms with Crippen molar-refractivity contribution in [3.8, 4) is 5.88 Å². The molecule has 6 heteroatoms. The lowest BCUT2D eigenvalue weighted by molar-refractivity contribution is 0.0224. The van der Waals surface area contributed by atoms with Crippen LogP contribution in [0, 0.1) is 0 Å². The molecule has 0 spiro atoms. The highest BCUT2D eigenvalue weighted by atomic mass is 16.6. The topological polar surface area (TPSA) is 56.6 Å². The fraction of sp³-hybridized carbons (Fsp3) is 0.714. The Morgan fingerprint density at radius 2 is 2.25 bits per heavy atom. The molecule has 0 saturated carbocycles. The van der Waals surface area contributed by atoms with E-state index < -0.39 is 5.60 Å². The van der Waals surface area contributed by atoms with Gasteiger partial charge in [-0.1, -0.05) is 6.92 Å². The summed E-state index contributed by atoms with van der Waals surface area (Å²) in [6.07, 6.45) is 2.65. The van der Waals surface area contributed by atoms with Crippen molar-refractivity contribution >= 4 is 6.09 Å². The molecule has 20 heavy (non-hydrogen) atoms. The number of carbonyl (C=O) groups is 1. The van der Waals surface area contributed by atoms with Gasteiger partial charge in [-0.3, -0.25) is 4.68 Å². The van der Waals surface area contributed by atoms with Gasteiger partial charge in [0, 0.05) is 12.7 Å². The van der Waals surface area contributed by atoms with E-state index in [1.165, 1.54) is 0 Å². The van der Waals surface area contributed by atoms with Crippen LogP contribution in [0.2, 0.25) is 0 Å². The molecule has 1 aromatic heterocycles. The van der Waals surface area contributed by atoms with Gasteiger partial charge in [-0.15, -0.1) is 5.10 Å². The summed E-state index contributed by atoms with van der Waals surface area (Å²) >= 11 is 0. The maximum atomic E-state index is 12.1. The Kier molecular flexibility index (Phi) is 4.20. The lowest BCUT2D eigenvalue weighted by atomic mass is 10.2. The zero-order valence-electron chi connectivity index (χ0n) is 12.7. The third-order valence-electron chi connectivity index (χ3n) is 2.86. The molecule has 0 aliphatic carbocycles. The smallest absolute Gasteiger partial charge is 0.410 e. The van der Waals surface area contributed by atoms with Gasteiger partial charge in [0.1, 0.15) is 12.2 Å². The molecule has 1 aliphatic heterocycles. The molecule has 0 N–H and O–H groups in total. The van der Waals surface area contributed by atoms with Gasteiger partial charge in [-0.25, -0.2) is 4.79 Å². The lowest BCUT2D eigenvalue weighted by Crippen LogP contribution is -2.37. The first-order valence-corrected chi connectivity index (χ1v) is 7.06. The van der Waals surface area contributed by atoms with Crippen molar-refractivity contribution in [1.82, 2.24) is 14.7 Å². The van der Waals surface area contributed by atoms with Gasteiger partial charge in [-0.2, -0.15) is 0 Å². The zero-order valence-corrected chi connectivity index (χ0v) is 12.7. The highest BCUT2D eigenvalue weighted by Crippen LogP contribution is 2.22. The van der Waals surface area contributed by atoms with Gasteiger partial charge < -0.3 is 14.4 Å². The molecule has 1 aliphatic rings. The minimum atomic E-state index is -0.487. The van der Waals surface area contributed by atoms with E-state index >= 15 is 0 Å². The molecule has 0 unspecified atom stereocenters. The van der Waals surface area contributed by atoms with Crippen LogP contribution in [-0.2, 0) is 17.8 Å². The quantitative estimate of drug-likeness (QED) is 0.835. The second kappa shape index (κ2) is 5.73. The van der Waals surface area contributed by atoms with Gasteiger partial charge in [-0.05, 0) is 27.2 Å². The molecule has 2 rings (SSSR count). The second-order valence-electron chi connectivity index (χ2n) is 5.97. The first kappa shape index (κ1) is 14.7. The average molecular weight is 281 g/mol. The number of hydrogen-bond acceptors (Lipinski definition) is 4. The minimum Gasteiger partial charge on any atom is -0.474 e. The van der Waals surface area contributed by atoms with E-state index in [-0.39, 0.29) is 6.09 Å². The van der Waals surface area contributed by atoms with Crippen molar-refractivity contribution < 1.29 is 14.3 Å². The van der Waals surface area contributed by atoms with Crippen molar-refractivity contribution in [2.75, 3.05) is 13.2 Å². The minimum absolute atomic E-state index is 0.308. The summed E-state index contributed by atoms with van der Waals surface area (Å²) in [5.41, 5.74) is 0.446. The highest BCUT2D eigenvalue weighted by Gasteiger charge is 2.26. The summed E-state index contributed by atoms with van der Waals surface area (Å²) < 4.78 is 12.9. The molecule has 0 atom stereocenters.